The van der Waals surface area contributed by atoms with Gasteiger partial charge in [-0.3, -0.25) is 19.0 Å². The van der Waals surface area contributed by atoms with Crippen molar-refractivity contribution in [3.8, 4) is 5.69 Å². The highest BCUT2D eigenvalue weighted by molar-refractivity contribution is 5.96. The van der Waals surface area contributed by atoms with Gasteiger partial charge in [-0.25, -0.2) is 0 Å². The number of aromatic nitrogens is 1. The summed E-state index contributed by atoms with van der Waals surface area (Å²) in [7, 11) is 0. The van der Waals surface area contributed by atoms with Crippen LogP contribution < -0.4 is 10.9 Å². The lowest BCUT2D eigenvalue weighted by atomic mass is 9.72. The number of nitrogens with one attached hydrogen (secondary N) is 1. The Balaban J connectivity index is 0.000000668. The number of benzene rings is 1. The molecule has 0 saturated carbocycles. The van der Waals surface area contributed by atoms with Gasteiger partial charge in [-0.1, -0.05) is 26.0 Å². The Morgan fingerprint density at radius 2 is 1.75 bits per heavy atom. The molecule has 2 aliphatic rings. The van der Waals surface area contributed by atoms with E-state index in [1.807, 2.05) is 36.1 Å². The summed E-state index contributed by atoms with van der Waals surface area (Å²) in [6.45, 7) is 10.8. The summed E-state index contributed by atoms with van der Waals surface area (Å²) in [6, 6.07) is 9.86. The van der Waals surface area contributed by atoms with Crippen LogP contribution in [0.3, 0.4) is 0 Å². The van der Waals surface area contributed by atoms with Crippen LogP contribution in [0.5, 0.6) is 0 Å². The molecule has 0 bridgehead atoms. The van der Waals surface area contributed by atoms with Crippen molar-refractivity contribution in [2.24, 2.45) is 5.41 Å². The van der Waals surface area contributed by atoms with Crippen molar-refractivity contribution in [2.75, 3.05) is 26.2 Å². The molecule has 7 heteroatoms. The van der Waals surface area contributed by atoms with E-state index in [1.165, 1.54) is 5.56 Å². The zero-order chi connectivity index (χ0) is 23.5. The van der Waals surface area contributed by atoms with E-state index in [0.29, 0.717) is 11.5 Å². The second-order valence-corrected chi connectivity index (χ2v) is 9.23. The summed E-state index contributed by atoms with van der Waals surface area (Å²) in [5.74, 6) is -0.578. The van der Waals surface area contributed by atoms with E-state index in [4.69, 9.17) is 9.90 Å². The summed E-state index contributed by atoms with van der Waals surface area (Å²) in [5, 5.41) is 10.8. The van der Waals surface area contributed by atoms with Gasteiger partial charge >= 0.3 is 0 Å². The lowest BCUT2D eigenvalue weighted by Crippen LogP contribution is -2.62. The standard InChI is InChI=1S/C23H29N3O2.C2H4O2/c1-16(2)18-5-4-6-19(13-18)26-12-7-17(3)20(22(26)28)21(27)25-14-23(15-25)8-10-24-11-9-23;1-2(3)4/h4-7,12-13,16,24H,8-11,14-15H2,1-3H3;1H3,(H,3,4). The molecule has 2 aliphatic heterocycles. The Hall–Kier alpha value is -2.93. The molecule has 0 radical (unpaired) electrons. The van der Waals surface area contributed by atoms with E-state index in [2.05, 4.69) is 25.2 Å². The largest absolute Gasteiger partial charge is 0.481 e. The third-order valence-corrected chi connectivity index (χ3v) is 6.33. The molecule has 2 aromatic rings. The predicted octanol–water partition coefficient (Wildman–Crippen LogP) is 3.19. The topological polar surface area (TPSA) is 91.6 Å². The van der Waals surface area contributed by atoms with Crippen molar-refractivity contribution in [1.29, 1.82) is 0 Å². The predicted molar refractivity (Wildman–Crippen MR) is 125 cm³/mol. The van der Waals surface area contributed by atoms with E-state index in [0.717, 1.165) is 57.2 Å². The number of piperidine rings is 1. The number of aryl methyl sites for hydroxylation is 1. The molecule has 1 spiro atoms. The maximum atomic E-state index is 13.2. The Kier molecular flexibility index (Phi) is 7.19. The van der Waals surface area contributed by atoms with Crippen LogP contribution >= 0.6 is 0 Å². The van der Waals surface area contributed by atoms with Crippen LogP contribution in [0.1, 0.15) is 61.0 Å². The van der Waals surface area contributed by atoms with Crippen molar-refractivity contribution in [1.82, 2.24) is 14.8 Å². The van der Waals surface area contributed by atoms with Crippen molar-refractivity contribution >= 4 is 11.9 Å². The van der Waals surface area contributed by atoms with E-state index in [9.17, 15) is 9.59 Å². The molecule has 1 aromatic heterocycles. The van der Waals surface area contributed by atoms with Gasteiger partial charge in [0.05, 0.1) is 0 Å². The minimum absolute atomic E-state index is 0.124. The fraction of sp³-hybridized carbons (Fsp3) is 0.480. The van der Waals surface area contributed by atoms with Gasteiger partial charge in [-0.05, 0) is 68.1 Å². The Bertz CT molecular complexity index is 1040. The molecule has 2 N–H and O–H groups in total. The molecule has 4 rings (SSSR count). The van der Waals surface area contributed by atoms with Crippen LogP contribution in [0.4, 0.5) is 0 Å². The molecule has 1 aromatic carbocycles. The van der Waals surface area contributed by atoms with E-state index in [-0.39, 0.29) is 16.9 Å². The zero-order valence-electron chi connectivity index (χ0n) is 19.4. The first-order valence-corrected chi connectivity index (χ1v) is 11.2. The van der Waals surface area contributed by atoms with Gasteiger partial charge in [0.1, 0.15) is 5.56 Å². The highest BCUT2D eigenvalue weighted by Gasteiger charge is 2.46. The number of carboxylic acid groups (broad SMARTS) is 1. The molecule has 0 aliphatic carbocycles. The van der Waals surface area contributed by atoms with Crippen LogP contribution in [0.25, 0.3) is 5.69 Å². The maximum absolute atomic E-state index is 13.2. The summed E-state index contributed by atoms with van der Waals surface area (Å²) >= 11 is 0. The number of amides is 1. The van der Waals surface area contributed by atoms with E-state index >= 15 is 0 Å². The molecule has 172 valence electrons. The van der Waals surface area contributed by atoms with Gasteiger partial charge in [-0.15, -0.1) is 0 Å². The molecular weight excluding hydrogens is 406 g/mol. The minimum atomic E-state index is -0.833. The Labute approximate surface area is 189 Å². The number of carboxylic acids is 1. The number of rotatable bonds is 3. The highest BCUT2D eigenvalue weighted by atomic mass is 16.4. The quantitative estimate of drug-likeness (QED) is 0.766. The van der Waals surface area contributed by atoms with E-state index < -0.39 is 5.97 Å². The molecule has 2 saturated heterocycles. The first-order valence-electron chi connectivity index (χ1n) is 11.2. The van der Waals surface area contributed by atoms with Gasteiger partial charge in [0.15, 0.2) is 0 Å². The molecule has 32 heavy (non-hydrogen) atoms. The molecular formula is C25H33N3O4. The third-order valence-electron chi connectivity index (χ3n) is 6.33. The lowest BCUT2D eigenvalue weighted by molar-refractivity contribution is -0.134. The average Bonchev–Trinajstić information content (AvgIpc) is 2.72. The molecule has 2 fully saturated rings. The highest BCUT2D eigenvalue weighted by Crippen LogP contribution is 2.39. The second kappa shape index (κ2) is 9.69. The number of carbonyl (C=O) groups excluding carboxylic acids is 1. The van der Waals surface area contributed by atoms with Crippen molar-refractivity contribution < 1.29 is 14.7 Å². The fourth-order valence-electron chi connectivity index (χ4n) is 4.46. The van der Waals surface area contributed by atoms with Gasteiger partial charge in [-0.2, -0.15) is 0 Å². The second-order valence-electron chi connectivity index (χ2n) is 9.23. The van der Waals surface area contributed by atoms with Gasteiger partial charge < -0.3 is 15.3 Å². The van der Waals surface area contributed by atoms with Crippen molar-refractivity contribution in [2.45, 2.75) is 46.5 Å². The molecule has 1 amide bonds. The van der Waals surface area contributed by atoms with Crippen LogP contribution in [0.2, 0.25) is 0 Å². The van der Waals surface area contributed by atoms with Gasteiger partial charge in [0, 0.05) is 37.3 Å². The number of hydrogen-bond acceptors (Lipinski definition) is 4. The summed E-state index contributed by atoms with van der Waals surface area (Å²) in [4.78, 5) is 37.2. The van der Waals surface area contributed by atoms with E-state index in [1.54, 1.807) is 10.8 Å². The lowest BCUT2D eigenvalue weighted by Gasteiger charge is -2.52. The first-order chi connectivity index (χ1) is 15.1. The number of carbonyl (C=O) groups is 2. The zero-order valence-corrected chi connectivity index (χ0v) is 19.4. The van der Waals surface area contributed by atoms with Crippen LogP contribution in [0.15, 0.2) is 41.3 Å². The monoisotopic (exact) mass is 439 g/mol. The summed E-state index contributed by atoms with van der Waals surface area (Å²) < 4.78 is 1.60. The summed E-state index contributed by atoms with van der Waals surface area (Å²) in [5.41, 5.74) is 3.07. The van der Waals surface area contributed by atoms with Crippen molar-refractivity contribution in [3.05, 3.63) is 63.6 Å². The maximum Gasteiger partial charge on any atom is 0.300 e. The SMILES string of the molecule is CC(=O)O.Cc1ccn(-c2cccc(C(C)C)c2)c(=O)c1C(=O)N1CC2(CCNCC2)C1. The normalized spacial score (nSPS) is 16.8. The van der Waals surface area contributed by atoms with Crippen molar-refractivity contribution in [3.63, 3.8) is 0 Å². The number of hydrogen-bond donors (Lipinski definition) is 2. The summed E-state index contributed by atoms with van der Waals surface area (Å²) in [6.07, 6.45) is 3.99. The number of pyridine rings is 1. The van der Waals surface area contributed by atoms with Crippen LogP contribution in [0, 0.1) is 12.3 Å². The molecule has 0 atom stereocenters. The van der Waals surface area contributed by atoms with Gasteiger partial charge in [0.2, 0.25) is 0 Å². The molecule has 7 nitrogen and oxygen atoms in total. The Morgan fingerprint density at radius 3 is 2.34 bits per heavy atom. The number of likely N-dealkylation sites (tertiary alicyclic amines) is 1. The number of nitrogens with zero attached hydrogens (tertiary/aromatic N) is 2. The smallest absolute Gasteiger partial charge is 0.300 e. The van der Waals surface area contributed by atoms with Gasteiger partial charge in [0.25, 0.3) is 17.4 Å². The molecule has 0 unspecified atom stereocenters. The first kappa shape index (κ1) is 23.7. The Morgan fingerprint density at radius 1 is 1.12 bits per heavy atom. The fourth-order valence-corrected chi connectivity index (χ4v) is 4.46. The molecule has 3 heterocycles. The average molecular weight is 440 g/mol. The minimum Gasteiger partial charge on any atom is -0.481 e. The van der Waals surface area contributed by atoms with Crippen LogP contribution in [-0.2, 0) is 4.79 Å². The van der Waals surface area contributed by atoms with Crippen LogP contribution in [-0.4, -0.2) is 52.6 Å². The number of aliphatic carboxylic acids is 1. The third kappa shape index (κ3) is 5.10.